The molecule has 166 valence electrons. The molecule has 0 radical (unpaired) electrons. The summed E-state index contributed by atoms with van der Waals surface area (Å²) in [5.41, 5.74) is 0. The molecule has 4 heterocycles. The molecule has 2 aliphatic heterocycles. The van der Waals surface area contributed by atoms with Gasteiger partial charge in [0.2, 0.25) is 0 Å². The molecule has 0 aromatic carbocycles. The average Bonchev–Trinajstić information content (AvgIpc) is 3.44. The van der Waals surface area contributed by atoms with E-state index in [0.717, 1.165) is 45.2 Å². The Morgan fingerprint density at radius 2 is 1.87 bits per heavy atom. The molecule has 2 atom stereocenters. The van der Waals surface area contributed by atoms with E-state index in [2.05, 4.69) is 67.1 Å². The zero-order valence-electron chi connectivity index (χ0n) is 18.0. The summed E-state index contributed by atoms with van der Waals surface area (Å²) in [5.74, 6) is 1.70. The van der Waals surface area contributed by atoms with Crippen molar-refractivity contribution in [3.05, 3.63) is 44.8 Å². The van der Waals surface area contributed by atoms with Crippen LogP contribution in [0.3, 0.4) is 0 Å². The molecule has 8 heteroatoms. The molecular formula is C22H34IN5S2. The quantitative estimate of drug-likeness (QED) is 0.339. The molecule has 0 bridgehead atoms. The van der Waals surface area contributed by atoms with Gasteiger partial charge in [0.25, 0.3) is 0 Å². The van der Waals surface area contributed by atoms with E-state index in [9.17, 15) is 0 Å². The molecule has 2 aromatic heterocycles. The van der Waals surface area contributed by atoms with Crippen molar-refractivity contribution in [1.82, 2.24) is 20.0 Å². The van der Waals surface area contributed by atoms with Gasteiger partial charge in [0.05, 0.1) is 0 Å². The first-order chi connectivity index (χ1) is 14.2. The number of thiophene rings is 2. The predicted octanol–water partition coefficient (Wildman–Crippen LogP) is 4.20. The summed E-state index contributed by atoms with van der Waals surface area (Å²) in [6.45, 7) is 7.56. The van der Waals surface area contributed by atoms with Crippen molar-refractivity contribution >= 4 is 52.6 Å². The molecule has 2 saturated heterocycles. The molecule has 30 heavy (non-hydrogen) atoms. The van der Waals surface area contributed by atoms with Crippen LogP contribution in [-0.2, 0) is 6.54 Å². The second kappa shape index (κ2) is 11.8. The molecule has 4 rings (SSSR count). The number of nitrogens with one attached hydrogen (secondary N) is 1. The van der Waals surface area contributed by atoms with E-state index in [-0.39, 0.29) is 24.0 Å². The Morgan fingerprint density at radius 1 is 1.10 bits per heavy atom. The summed E-state index contributed by atoms with van der Waals surface area (Å²) in [7, 11) is 4.20. The van der Waals surface area contributed by atoms with Gasteiger partial charge in [0.15, 0.2) is 5.96 Å². The minimum absolute atomic E-state index is 0. The number of piperazine rings is 1. The van der Waals surface area contributed by atoms with E-state index in [4.69, 9.17) is 0 Å². The van der Waals surface area contributed by atoms with Crippen molar-refractivity contribution in [2.24, 2.45) is 10.9 Å². The van der Waals surface area contributed by atoms with Crippen LogP contribution >= 0.6 is 46.7 Å². The maximum Gasteiger partial charge on any atom is 0.193 e. The number of nitrogens with zero attached hydrogens (tertiary/aromatic N) is 4. The lowest BCUT2D eigenvalue weighted by Gasteiger charge is -2.40. The molecule has 1 N–H and O–H groups in total. The number of guanidine groups is 1. The Hall–Kier alpha value is -0.680. The van der Waals surface area contributed by atoms with Gasteiger partial charge in [-0.1, -0.05) is 12.1 Å². The Bertz CT molecular complexity index is 757. The number of piperidine rings is 1. The molecular weight excluding hydrogens is 525 g/mol. The van der Waals surface area contributed by atoms with E-state index in [1.165, 1.54) is 29.1 Å². The van der Waals surface area contributed by atoms with E-state index in [1.807, 2.05) is 29.7 Å². The van der Waals surface area contributed by atoms with Gasteiger partial charge >= 0.3 is 0 Å². The monoisotopic (exact) mass is 559 g/mol. The molecule has 2 aliphatic rings. The molecule has 0 amide bonds. The molecule has 0 aliphatic carbocycles. The topological polar surface area (TPSA) is 34.1 Å². The fourth-order valence-corrected chi connectivity index (χ4v) is 6.41. The van der Waals surface area contributed by atoms with Crippen LogP contribution in [0.4, 0.5) is 0 Å². The van der Waals surface area contributed by atoms with Gasteiger partial charge in [-0.3, -0.25) is 14.8 Å². The normalized spacial score (nSPS) is 23.9. The molecule has 0 spiro atoms. The number of hydrogen-bond donors (Lipinski definition) is 1. The van der Waals surface area contributed by atoms with Crippen LogP contribution in [0.25, 0.3) is 0 Å². The molecule has 2 fully saturated rings. The van der Waals surface area contributed by atoms with Crippen molar-refractivity contribution in [2.45, 2.75) is 25.4 Å². The zero-order valence-corrected chi connectivity index (χ0v) is 22.0. The molecule has 2 unspecified atom stereocenters. The van der Waals surface area contributed by atoms with E-state index in [1.54, 1.807) is 0 Å². The first-order valence-electron chi connectivity index (χ1n) is 10.7. The molecule has 5 nitrogen and oxygen atoms in total. The van der Waals surface area contributed by atoms with Crippen LogP contribution in [-0.4, -0.2) is 74.0 Å². The van der Waals surface area contributed by atoms with Crippen LogP contribution in [0.15, 0.2) is 40.0 Å². The van der Waals surface area contributed by atoms with Gasteiger partial charge in [-0.25, -0.2) is 0 Å². The van der Waals surface area contributed by atoms with Gasteiger partial charge < -0.3 is 10.2 Å². The summed E-state index contributed by atoms with van der Waals surface area (Å²) < 4.78 is 0. The maximum atomic E-state index is 4.61. The smallest absolute Gasteiger partial charge is 0.193 e. The summed E-state index contributed by atoms with van der Waals surface area (Å²) in [4.78, 5) is 15.1. The highest BCUT2D eigenvalue weighted by atomic mass is 127. The zero-order chi connectivity index (χ0) is 20.1. The van der Waals surface area contributed by atoms with Crippen molar-refractivity contribution < 1.29 is 0 Å². The van der Waals surface area contributed by atoms with Crippen LogP contribution in [0.5, 0.6) is 0 Å². The highest BCUT2D eigenvalue weighted by molar-refractivity contribution is 14.0. The van der Waals surface area contributed by atoms with E-state index >= 15 is 0 Å². The van der Waals surface area contributed by atoms with Gasteiger partial charge in [-0.2, -0.15) is 0 Å². The third-order valence-corrected chi connectivity index (χ3v) is 8.01. The Labute approximate surface area is 206 Å². The lowest BCUT2D eigenvalue weighted by Crippen LogP contribution is -2.53. The van der Waals surface area contributed by atoms with Crippen molar-refractivity contribution in [3.63, 3.8) is 0 Å². The summed E-state index contributed by atoms with van der Waals surface area (Å²) >= 11 is 3.75. The summed E-state index contributed by atoms with van der Waals surface area (Å²) in [6.07, 6.45) is 2.57. The van der Waals surface area contributed by atoms with Crippen molar-refractivity contribution in [3.8, 4) is 0 Å². The lowest BCUT2D eigenvalue weighted by molar-refractivity contribution is 0.123. The minimum atomic E-state index is 0. The van der Waals surface area contributed by atoms with Crippen molar-refractivity contribution in [2.75, 3.05) is 53.4 Å². The summed E-state index contributed by atoms with van der Waals surface area (Å²) in [5, 5.41) is 8.09. The summed E-state index contributed by atoms with van der Waals surface area (Å²) in [6, 6.07) is 9.39. The first kappa shape index (κ1) is 24.0. The van der Waals surface area contributed by atoms with E-state index in [0.29, 0.717) is 12.0 Å². The third-order valence-electron chi connectivity index (χ3n) is 6.21. The van der Waals surface area contributed by atoms with Gasteiger partial charge in [-0.15, -0.1) is 46.7 Å². The number of likely N-dealkylation sites (tertiary alicyclic amines) is 1. The van der Waals surface area contributed by atoms with Crippen LogP contribution in [0.1, 0.15) is 28.6 Å². The molecule has 0 saturated carbocycles. The first-order valence-corrected chi connectivity index (χ1v) is 12.4. The highest BCUT2D eigenvalue weighted by Gasteiger charge is 2.31. The number of aliphatic imine (C=N–C) groups is 1. The second-order valence-electron chi connectivity index (χ2n) is 8.11. The lowest BCUT2D eigenvalue weighted by atomic mass is 9.88. The van der Waals surface area contributed by atoms with Gasteiger partial charge in [0, 0.05) is 62.1 Å². The highest BCUT2D eigenvalue weighted by Crippen LogP contribution is 2.36. The van der Waals surface area contributed by atoms with Crippen LogP contribution in [0.2, 0.25) is 0 Å². The van der Waals surface area contributed by atoms with Crippen molar-refractivity contribution in [1.29, 1.82) is 0 Å². The average molecular weight is 560 g/mol. The minimum Gasteiger partial charge on any atom is -0.356 e. The maximum absolute atomic E-state index is 4.61. The number of rotatable bonds is 5. The SMILES string of the molecule is CN=C(NCC1CCCN(C)C1c1cccs1)N1CCN(Cc2cccs2)CC1.I. The van der Waals surface area contributed by atoms with E-state index < -0.39 is 0 Å². The fourth-order valence-electron chi connectivity index (χ4n) is 4.68. The Morgan fingerprint density at radius 3 is 2.53 bits per heavy atom. The predicted molar refractivity (Wildman–Crippen MR) is 140 cm³/mol. The Kier molecular flexibility index (Phi) is 9.43. The van der Waals surface area contributed by atoms with Gasteiger partial charge in [-0.05, 0) is 55.2 Å². The van der Waals surface area contributed by atoms with Crippen LogP contribution < -0.4 is 5.32 Å². The largest absolute Gasteiger partial charge is 0.356 e. The molecule has 2 aromatic rings. The number of hydrogen-bond acceptors (Lipinski definition) is 5. The second-order valence-corrected chi connectivity index (χ2v) is 10.1. The number of halogens is 1. The van der Waals surface area contributed by atoms with Gasteiger partial charge in [0.1, 0.15) is 0 Å². The standard InChI is InChI=1S/C22H33N5S2.HI/c1-23-22(27-12-10-26(11-13-27)17-19-7-4-14-28-19)24-16-18-6-3-9-25(2)21(18)20-8-5-15-29-20;/h4-5,7-8,14-15,18,21H,3,6,9-13,16-17H2,1-2H3,(H,23,24);1H. The fraction of sp³-hybridized carbons (Fsp3) is 0.591. The Balaban J connectivity index is 0.00000256. The third kappa shape index (κ3) is 5.97. The van der Waals surface area contributed by atoms with Crippen LogP contribution in [0, 0.1) is 5.92 Å².